The number of fused-ring (bicyclic) bond motifs is 3. The first-order valence-corrected chi connectivity index (χ1v) is 19.0. The van der Waals surface area contributed by atoms with Gasteiger partial charge >= 0.3 is 6.09 Å². The van der Waals surface area contributed by atoms with Crippen molar-refractivity contribution < 1.29 is 48.3 Å². The van der Waals surface area contributed by atoms with Crippen molar-refractivity contribution in [2.75, 3.05) is 19.7 Å². The number of likely N-dealkylation sites (tertiary alicyclic amines) is 1. The number of halogens is 1. The minimum Gasteiger partial charge on any atom is -0.444 e. The molecule has 2 bridgehead atoms. The first-order chi connectivity index (χ1) is 24.1. The van der Waals surface area contributed by atoms with E-state index in [-0.39, 0.29) is 30.0 Å². The van der Waals surface area contributed by atoms with Gasteiger partial charge in [-0.2, -0.15) is 0 Å². The molecule has 4 heterocycles. The van der Waals surface area contributed by atoms with Crippen molar-refractivity contribution in [1.29, 1.82) is 0 Å². The molecule has 5 rings (SSSR count). The van der Waals surface area contributed by atoms with E-state index in [1.807, 2.05) is 12.2 Å². The molecule has 0 aromatic heterocycles. The molecule has 284 valence electrons. The second-order valence-electron chi connectivity index (χ2n) is 15.7. The Hall–Kier alpha value is -2.75. The normalized spacial score (nSPS) is 34.9. The lowest BCUT2D eigenvalue weighted by Crippen LogP contribution is -2.64. The molecule has 14 heteroatoms. The van der Waals surface area contributed by atoms with Crippen LogP contribution in [0.5, 0.6) is 0 Å². The van der Waals surface area contributed by atoms with E-state index in [0.717, 1.165) is 19.3 Å². The number of rotatable bonds is 7. The minimum atomic E-state index is -1.57. The highest BCUT2D eigenvalue weighted by Crippen LogP contribution is 2.39. The number of hydrogen-bond donors (Lipinski definition) is 5. The van der Waals surface area contributed by atoms with Gasteiger partial charge in [0.2, 0.25) is 5.91 Å². The Morgan fingerprint density at radius 2 is 1.75 bits per heavy atom. The molecule has 0 radical (unpaired) electrons. The summed E-state index contributed by atoms with van der Waals surface area (Å²) in [5, 5.41) is 38.6. The summed E-state index contributed by atoms with van der Waals surface area (Å²) >= 11 is 1.20. The average molecular weight is 736 g/mol. The van der Waals surface area contributed by atoms with Crippen molar-refractivity contribution in [3.05, 3.63) is 47.8 Å². The van der Waals surface area contributed by atoms with Crippen molar-refractivity contribution in [3.63, 3.8) is 0 Å². The van der Waals surface area contributed by atoms with Crippen LogP contribution in [0.3, 0.4) is 0 Å². The van der Waals surface area contributed by atoms with Gasteiger partial charge in [0.15, 0.2) is 0 Å². The maximum Gasteiger partial charge on any atom is 0.411 e. The Bertz CT molecular complexity index is 1390. The van der Waals surface area contributed by atoms with E-state index in [1.165, 1.54) is 40.9 Å². The van der Waals surface area contributed by atoms with Crippen LogP contribution in [0, 0.1) is 23.6 Å². The van der Waals surface area contributed by atoms with Crippen LogP contribution in [0.4, 0.5) is 9.18 Å². The van der Waals surface area contributed by atoms with Crippen LogP contribution in [0.2, 0.25) is 0 Å². The molecule has 0 saturated carbocycles. The number of carbonyl (C=O) groups excluding carboxylic acids is 3. The van der Waals surface area contributed by atoms with Gasteiger partial charge in [-0.3, -0.25) is 14.5 Å². The Kier molecular flexibility index (Phi) is 13.1. The Morgan fingerprint density at radius 3 is 2.43 bits per heavy atom. The number of ether oxygens (including phenoxy) is 3. The van der Waals surface area contributed by atoms with E-state index in [4.69, 9.17) is 14.2 Å². The molecule has 4 aliphatic heterocycles. The summed E-state index contributed by atoms with van der Waals surface area (Å²) in [5.74, 6) is -0.484. The van der Waals surface area contributed by atoms with Crippen LogP contribution in [0.25, 0.3) is 0 Å². The third kappa shape index (κ3) is 10.0. The van der Waals surface area contributed by atoms with Gasteiger partial charge in [0.1, 0.15) is 47.3 Å². The van der Waals surface area contributed by atoms with Crippen LogP contribution >= 0.6 is 11.8 Å². The Morgan fingerprint density at radius 1 is 1.04 bits per heavy atom. The van der Waals surface area contributed by atoms with Crippen molar-refractivity contribution in [2.45, 2.75) is 126 Å². The molecule has 11 atom stereocenters. The van der Waals surface area contributed by atoms with Gasteiger partial charge < -0.3 is 40.2 Å². The molecule has 51 heavy (non-hydrogen) atoms. The Balaban J connectivity index is 1.34. The molecule has 1 aromatic rings. The van der Waals surface area contributed by atoms with Gasteiger partial charge in [0, 0.05) is 36.4 Å². The van der Waals surface area contributed by atoms with Crippen molar-refractivity contribution in [1.82, 2.24) is 15.5 Å². The number of nitrogens with one attached hydrogen (secondary N) is 2. The number of amides is 3. The van der Waals surface area contributed by atoms with Gasteiger partial charge in [0.05, 0.1) is 12.1 Å². The van der Waals surface area contributed by atoms with Gasteiger partial charge in [-0.05, 0) is 89.0 Å². The largest absolute Gasteiger partial charge is 0.444 e. The average Bonchev–Trinajstić information content (AvgIpc) is 3.30. The molecule has 1 unspecified atom stereocenters. The van der Waals surface area contributed by atoms with Crippen LogP contribution < -0.4 is 10.6 Å². The monoisotopic (exact) mass is 735 g/mol. The quantitative estimate of drug-likeness (QED) is 0.262. The summed E-state index contributed by atoms with van der Waals surface area (Å²) in [7, 11) is 0. The summed E-state index contributed by atoms with van der Waals surface area (Å²) < 4.78 is 31.7. The van der Waals surface area contributed by atoms with E-state index < -0.39 is 71.5 Å². The van der Waals surface area contributed by atoms with E-state index in [1.54, 1.807) is 20.8 Å². The highest BCUT2D eigenvalue weighted by atomic mass is 32.2. The second kappa shape index (κ2) is 16.9. The topological polar surface area (TPSA) is 167 Å². The zero-order valence-corrected chi connectivity index (χ0v) is 30.9. The molecule has 0 aliphatic carbocycles. The summed E-state index contributed by atoms with van der Waals surface area (Å²) in [6.07, 6.45) is 0.302. The number of aliphatic hydroxyl groups is 3. The maximum atomic E-state index is 14.3. The van der Waals surface area contributed by atoms with Crippen LogP contribution in [-0.2, 0) is 19.0 Å². The minimum absolute atomic E-state index is 0.0711. The van der Waals surface area contributed by atoms with Gasteiger partial charge in [-0.25, -0.2) is 9.18 Å². The zero-order chi connectivity index (χ0) is 37.0. The molecular weight excluding hydrogens is 681 g/mol. The van der Waals surface area contributed by atoms with Crippen molar-refractivity contribution >= 4 is 29.7 Å². The summed E-state index contributed by atoms with van der Waals surface area (Å²) in [6, 6.07) is 3.37. The molecule has 5 N–H and O–H groups in total. The van der Waals surface area contributed by atoms with Gasteiger partial charge in [0.25, 0.3) is 5.91 Å². The molecule has 1 aromatic carbocycles. The SMILES string of the molecule is CC(C)C[C@@H]1CCO[C@H]2C(C(=O)N[C@@H]3C/C=C\C[C@@H](CNC(=O)c4ccc(F)cc4)S[C@H]4O[C@H]3[C@H](O)[C@H](O)[C@H]4O)N(C(=O)OC(C)(C)C)C[C@@H]2C1. The Labute approximate surface area is 303 Å². The van der Waals surface area contributed by atoms with E-state index in [9.17, 15) is 34.1 Å². The lowest BCUT2D eigenvalue weighted by Gasteiger charge is -2.44. The molecule has 12 nitrogen and oxygen atoms in total. The number of benzene rings is 1. The third-order valence-corrected chi connectivity index (χ3v) is 11.3. The predicted octanol–water partition coefficient (Wildman–Crippen LogP) is 3.38. The summed E-state index contributed by atoms with van der Waals surface area (Å²) in [6.45, 7) is 10.6. The summed E-state index contributed by atoms with van der Waals surface area (Å²) in [4.78, 5) is 42.1. The fraction of sp³-hybridized carbons (Fsp3) is 0.703. The van der Waals surface area contributed by atoms with E-state index >= 15 is 0 Å². The number of hydrogen-bond acceptors (Lipinski definition) is 10. The number of aliphatic hydroxyl groups excluding tert-OH is 3. The molecule has 3 fully saturated rings. The second-order valence-corrected chi connectivity index (χ2v) is 17.1. The fourth-order valence-corrected chi connectivity index (χ4v) is 8.87. The fourth-order valence-electron chi connectivity index (χ4n) is 7.58. The lowest BCUT2D eigenvalue weighted by molar-refractivity contribution is -0.205. The molecular formula is C37H54FN3O9S. The maximum absolute atomic E-state index is 14.3. The lowest BCUT2D eigenvalue weighted by atomic mass is 9.85. The highest BCUT2D eigenvalue weighted by molar-refractivity contribution is 8.00. The first-order valence-electron chi connectivity index (χ1n) is 18.1. The number of thioether (sulfide) groups is 1. The number of nitrogens with zero attached hydrogens (tertiary/aromatic N) is 1. The van der Waals surface area contributed by atoms with Crippen molar-refractivity contribution in [2.24, 2.45) is 17.8 Å². The van der Waals surface area contributed by atoms with Crippen LogP contribution in [0.1, 0.15) is 77.1 Å². The standard InChI is InChI=1S/C37H54FN3O9S/c1-20(2)16-21-14-15-48-31-23(17-21)19-41(36(47)50-37(3,4)5)27(31)34(46)40-26-9-7-6-8-25(18-39-33(45)22-10-12-24(38)13-11-22)51-35-30(44)28(42)29(43)32(26)49-35/h6-7,10-13,20-21,23,25-32,35,42-44H,8-9,14-19H2,1-5H3,(H,39,45)(H,40,46)/b7-6-/t21-,23-,25-,26+,27?,28-,29+,30+,31+,32+,35+/m0/s1. The smallest absolute Gasteiger partial charge is 0.411 e. The third-order valence-electron chi connectivity index (χ3n) is 9.93. The van der Waals surface area contributed by atoms with Crippen molar-refractivity contribution in [3.8, 4) is 0 Å². The molecule has 0 spiro atoms. The zero-order valence-electron chi connectivity index (χ0n) is 30.1. The molecule has 3 amide bonds. The summed E-state index contributed by atoms with van der Waals surface area (Å²) in [5.41, 5.74) is -1.48. The van der Waals surface area contributed by atoms with Gasteiger partial charge in [-0.1, -0.05) is 26.0 Å². The first kappa shape index (κ1) is 39.5. The van der Waals surface area contributed by atoms with Gasteiger partial charge in [-0.15, -0.1) is 11.8 Å². The van der Waals surface area contributed by atoms with E-state index in [0.29, 0.717) is 37.0 Å². The van der Waals surface area contributed by atoms with E-state index in [2.05, 4.69) is 24.5 Å². The number of allylic oxidation sites excluding steroid dienone is 1. The van der Waals surface area contributed by atoms with Crippen LogP contribution in [-0.4, -0.2) is 117 Å². The number of carbonyl (C=O) groups is 3. The molecule has 4 aliphatic rings. The van der Waals surface area contributed by atoms with Crippen LogP contribution in [0.15, 0.2) is 36.4 Å². The highest BCUT2D eigenvalue weighted by Gasteiger charge is 2.53. The predicted molar refractivity (Wildman–Crippen MR) is 189 cm³/mol. The molecule has 3 saturated heterocycles.